The van der Waals surface area contributed by atoms with Crippen LogP contribution in [0, 0.1) is 5.92 Å². The summed E-state index contributed by atoms with van der Waals surface area (Å²) in [5.41, 5.74) is -1.96. The standard InChI is InChI=1S/C25H18N4O12S2.4K/c30-22-18(20(24(32)33)26-28(22)14-6-10-16(11-7-14)42(36,37)38)4-2-1-3-5-19-21(25(34)35)27-29(23(19)31)15-8-12-17(13-9-15)43(39,40)41;;;;/h1-13,18H,(H,32,33)(H,34,35)(H,36,37,38)(H,39,40,41);;;;/q;4*+1/p-4/b3-1+,4-2+,19-5-;;;;. The number of allylic oxidation sites excluding steroid dienone is 4. The number of carboxylic acid groups (broad SMARTS) is 2. The summed E-state index contributed by atoms with van der Waals surface area (Å²) >= 11 is 0. The normalized spacial score (nSPS) is 17.1. The molecule has 0 radical (unpaired) electrons. The van der Waals surface area contributed by atoms with Crippen LogP contribution < -0.4 is 226 Å². The molecular weight excluding hydrogens is 769 g/mol. The molecule has 1 atom stereocenters. The maximum absolute atomic E-state index is 12.8. The molecule has 0 bridgehead atoms. The van der Waals surface area contributed by atoms with Gasteiger partial charge >= 0.3 is 206 Å². The first kappa shape index (κ1) is 48.2. The zero-order valence-electron chi connectivity index (χ0n) is 25.1. The first-order valence-electron chi connectivity index (χ1n) is 11.6. The molecule has 0 N–H and O–H groups in total. The van der Waals surface area contributed by atoms with Crippen molar-refractivity contribution in [2.75, 3.05) is 10.0 Å². The molecule has 0 spiro atoms. The van der Waals surface area contributed by atoms with Gasteiger partial charge in [0.05, 0.1) is 38.7 Å². The molecule has 0 fully saturated rings. The van der Waals surface area contributed by atoms with E-state index in [-0.39, 0.29) is 217 Å². The largest absolute Gasteiger partial charge is 1.00 e. The van der Waals surface area contributed by atoms with Crippen molar-refractivity contribution in [3.8, 4) is 0 Å². The van der Waals surface area contributed by atoms with Crippen LogP contribution in [0.3, 0.4) is 0 Å². The van der Waals surface area contributed by atoms with E-state index in [1.807, 2.05) is 0 Å². The van der Waals surface area contributed by atoms with Gasteiger partial charge in [0.1, 0.15) is 37.6 Å². The minimum Gasteiger partial charge on any atom is -0.744 e. The van der Waals surface area contributed by atoms with Gasteiger partial charge in [0.25, 0.3) is 11.8 Å². The summed E-state index contributed by atoms with van der Waals surface area (Å²) in [6.07, 6.45) is 5.75. The van der Waals surface area contributed by atoms with Crippen LogP contribution in [-0.2, 0) is 39.4 Å². The Morgan fingerprint density at radius 2 is 1.15 bits per heavy atom. The van der Waals surface area contributed by atoms with Crippen LogP contribution in [0.4, 0.5) is 11.4 Å². The number of carboxylic acids is 2. The number of carbonyl (C=O) groups excluding carboxylic acids is 4. The Bertz CT molecular complexity index is 1930. The van der Waals surface area contributed by atoms with Gasteiger partial charge in [-0.15, -0.1) is 0 Å². The molecule has 0 aliphatic carbocycles. The van der Waals surface area contributed by atoms with Gasteiger partial charge in [-0.1, -0.05) is 24.3 Å². The Labute approximate surface area is 438 Å². The van der Waals surface area contributed by atoms with Crippen LogP contribution in [0.15, 0.2) is 104 Å². The molecule has 2 aromatic carbocycles. The molecule has 2 aromatic rings. The number of aliphatic carboxylic acids is 2. The van der Waals surface area contributed by atoms with Crippen molar-refractivity contribution in [2.45, 2.75) is 9.79 Å². The van der Waals surface area contributed by atoms with Crippen molar-refractivity contribution in [1.29, 1.82) is 0 Å². The Morgan fingerprint density at radius 1 is 0.681 bits per heavy atom. The molecule has 2 aliphatic rings. The van der Waals surface area contributed by atoms with E-state index < -0.39 is 76.7 Å². The Hall–Kier alpha value is 1.25. The fourth-order valence-electron chi connectivity index (χ4n) is 3.78. The van der Waals surface area contributed by atoms with E-state index in [1.54, 1.807) is 0 Å². The fraction of sp³-hybridized carbons (Fsp3) is 0.0400. The molecular formula is C25H14K4N4O12S2. The van der Waals surface area contributed by atoms with Crippen molar-refractivity contribution in [3.63, 3.8) is 0 Å². The van der Waals surface area contributed by atoms with Crippen LogP contribution in [0.5, 0.6) is 0 Å². The summed E-state index contributed by atoms with van der Waals surface area (Å²) in [6, 6.07) is 7.95. The number of carbonyl (C=O) groups is 4. The third-order valence-corrected chi connectivity index (χ3v) is 7.49. The summed E-state index contributed by atoms with van der Waals surface area (Å²) in [6.45, 7) is 0. The third kappa shape index (κ3) is 12.1. The minimum absolute atomic E-state index is 0. The topological polar surface area (TPSA) is 260 Å². The maximum atomic E-state index is 12.8. The molecule has 22 heteroatoms. The molecule has 16 nitrogen and oxygen atoms in total. The van der Waals surface area contributed by atoms with Gasteiger partial charge in [-0.25, -0.2) is 16.8 Å². The summed E-state index contributed by atoms with van der Waals surface area (Å²) < 4.78 is 66.7. The molecule has 2 aliphatic heterocycles. The van der Waals surface area contributed by atoms with E-state index in [9.17, 15) is 55.3 Å². The van der Waals surface area contributed by atoms with Gasteiger partial charge in [-0.05, 0) is 54.6 Å². The van der Waals surface area contributed by atoms with Crippen molar-refractivity contribution in [2.24, 2.45) is 16.1 Å². The molecule has 4 rings (SSSR count). The molecule has 47 heavy (non-hydrogen) atoms. The van der Waals surface area contributed by atoms with E-state index in [0.717, 1.165) is 60.7 Å². The van der Waals surface area contributed by atoms with E-state index in [0.29, 0.717) is 10.0 Å². The van der Waals surface area contributed by atoms with Crippen LogP contribution >= 0.6 is 0 Å². The molecule has 0 saturated heterocycles. The number of rotatable bonds is 9. The van der Waals surface area contributed by atoms with E-state index in [2.05, 4.69) is 10.2 Å². The van der Waals surface area contributed by atoms with Gasteiger partial charge in [0.2, 0.25) is 0 Å². The maximum Gasteiger partial charge on any atom is 1.00 e. The molecule has 0 saturated carbocycles. The van der Waals surface area contributed by atoms with Crippen LogP contribution in [0.25, 0.3) is 0 Å². The zero-order valence-corrected chi connectivity index (χ0v) is 39.2. The SMILES string of the molecule is O=C([O-])C1=NN(c2ccc(S(=O)(=O)[O-])cc2)C(=O)\C1=C/C=C/C=C/C1C(=O)N(c2ccc(S(=O)(=O)[O-])cc2)N=C1C(=O)[O-].[K+].[K+].[K+].[K+]. The van der Waals surface area contributed by atoms with Crippen LogP contribution in [0.2, 0.25) is 0 Å². The van der Waals surface area contributed by atoms with Crippen molar-refractivity contribution in [3.05, 3.63) is 84.5 Å². The number of hydrogen-bond acceptors (Lipinski definition) is 14. The van der Waals surface area contributed by atoms with E-state index >= 15 is 0 Å². The van der Waals surface area contributed by atoms with Crippen LogP contribution in [-0.4, -0.2) is 61.1 Å². The molecule has 222 valence electrons. The average Bonchev–Trinajstić information content (AvgIpc) is 3.44. The van der Waals surface area contributed by atoms with E-state index in [4.69, 9.17) is 0 Å². The quantitative estimate of drug-likeness (QED) is 0.0994. The second kappa shape index (κ2) is 20.5. The molecule has 1 unspecified atom stereocenters. The smallest absolute Gasteiger partial charge is 0.744 e. The van der Waals surface area contributed by atoms with Gasteiger partial charge in [0, 0.05) is 0 Å². The summed E-state index contributed by atoms with van der Waals surface area (Å²) in [5.74, 6) is -6.83. The predicted molar refractivity (Wildman–Crippen MR) is 139 cm³/mol. The second-order valence-corrected chi connectivity index (χ2v) is 11.3. The minimum atomic E-state index is -4.77. The second-order valence-electron chi connectivity index (χ2n) is 8.50. The Morgan fingerprint density at radius 3 is 1.57 bits per heavy atom. The first-order chi connectivity index (χ1) is 20.1. The van der Waals surface area contributed by atoms with E-state index in [1.165, 1.54) is 18.2 Å². The number of amides is 2. The zero-order chi connectivity index (χ0) is 31.7. The third-order valence-electron chi connectivity index (χ3n) is 5.79. The van der Waals surface area contributed by atoms with Crippen molar-refractivity contribution >= 4 is 66.8 Å². The van der Waals surface area contributed by atoms with Gasteiger partial charge < -0.3 is 28.9 Å². The Kier molecular flexibility index (Phi) is 21.0. The monoisotopic (exact) mass is 782 g/mol. The van der Waals surface area contributed by atoms with Crippen molar-refractivity contribution < 1.29 is 261 Å². The van der Waals surface area contributed by atoms with Gasteiger partial charge in [-0.3, -0.25) is 9.59 Å². The number of nitrogens with zero attached hydrogens (tertiary/aromatic N) is 4. The average molecular weight is 783 g/mol. The van der Waals surface area contributed by atoms with Gasteiger partial charge in [0.15, 0.2) is 0 Å². The van der Waals surface area contributed by atoms with Gasteiger partial charge in [-0.2, -0.15) is 20.2 Å². The molecule has 2 heterocycles. The fourth-order valence-corrected chi connectivity index (χ4v) is 4.72. The van der Waals surface area contributed by atoms with Crippen LogP contribution in [0.1, 0.15) is 0 Å². The summed E-state index contributed by atoms with van der Waals surface area (Å²) in [5, 5.41) is 31.8. The number of benzene rings is 2. The number of hydrazone groups is 2. The summed E-state index contributed by atoms with van der Waals surface area (Å²) in [4.78, 5) is 47.6. The predicted octanol–water partition coefficient (Wildman–Crippen LogP) is -14.2. The number of anilines is 2. The van der Waals surface area contributed by atoms with Crippen molar-refractivity contribution in [1.82, 2.24) is 0 Å². The number of hydrogen-bond donors (Lipinski definition) is 0. The molecule has 0 aromatic heterocycles. The first-order valence-corrected chi connectivity index (χ1v) is 14.4. The summed E-state index contributed by atoms with van der Waals surface area (Å²) in [7, 11) is -9.53. The Balaban J connectivity index is 0.00000529. The molecule has 2 amide bonds.